The van der Waals surface area contributed by atoms with E-state index >= 15 is 0 Å². The van der Waals surface area contributed by atoms with E-state index in [1.54, 1.807) is 24.3 Å². The summed E-state index contributed by atoms with van der Waals surface area (Å²) in [6.45, 7) is 8.42. The van der Waals surface area contributed by atoms with Gasteiger partial charge in [-0.2, -0.15) is 4.31 Å². The molecule has 0 aliphatic carbocycles. The number of hydrogen-bond acceptors (Lipinski definition) is 5. The Labute approximate surface area is 162 Å². The quantitative estimate of drug-likeness (QED) is 0.788. The van der Waals surface area contributed by atoms with Crippen molar-refractivity contribution in [3.63, 3.8) is 0 Å². The van der Waals surface area contributed by atoms with Crippen molar-refractivity contribution in [1.82, 2.24) is 14.5 Å². The Morgan fingerprint density at radius 2 is 2.00 bits per heavy atom. The predicted octanol–water partition coefficient (Wildman–Crippen LogP) is 1.34. The summed E-state index contributed by atoms with van der Waals surface area (Å²) in [6, 6.07) is 6.93. The molecular weight excluding hydrogens is 364 g/mol. The van der Waals surface area contributed by atoms with Crippen LogP contribution in [0.15, 0.2) is 29.2 Å². The van der Waals surface area contributed by atoms with Crippen LogP contribution in [-0.4, -0.2) is 68.8 Å². The minimum atomic E-state index is -3.54. The van der Waals surface area contributed by atoms with Gasteiger partial charge in [0.25, 0.3) is 0 Å². The van der Waals surface area contributed by atoms with Gasteiger partial charge in [0.2, 0.25) is 15.9 Å². The zero-order chi connectivity index (χ0) is 19.4. The van der Waals surface area contributed by atoms with Gasteiger partial charge in [0.1, 0.15) is 0 Å². The minimum absolute atomic E-state index is 0.0329. The Morgan fingerprint density at radius 3 is 2.67 bits per heavy atom. The Hall–Kier alpha value is -1.48. The lowest BCUT2D eigenvalue weighted by atomic mass is 9.92. The Balaban J connectivity index is 1.68. The molecule has 2 N–H and O–H groups in total. The lowest BCUT2D eigenvalue weighted by Gasteiger charge is -2.33. The zero-order valence-corrected chi connectivity index (χ0v) is 17.0. The van der Waals surface area contributed by atoms with E-state index in [0.717, 1.165) is 39.0 Å². The van der Waals surface area contributed by atoms with Gasteiger partial charge in [-0.3, -0.25) is 4.79 Å². The van der Waals surface area contributed by atoms with Gasteiger partial charge >= 0.3 is 0 Å². The third kappa shape index (κ3) is 4.87. The molecule has 7 nitrogen and oxygen atoms in total. The van der Waals surface area contributed by atoms with Crippen LogP contribution >= 0.6 is 0 Å². The van der Waals surface area contributed by atoms with E-state index < -0.39 is 10.0 Å². The number of hydrogen-bond donors (Lipinski definition) is 2. The largest absolute Gasteiger partial charge is 0.326 e. The van der Waals surface area contributed by atoms with Crippen molar-refractivity contribution in [2.45, 2.75) is 37.6 Å². The summed E-state index contributed by atoms with van der Waals surface area (Å²) in [4.78, 5) is 15.0. The fraction of sp³-hybridized carbons (Fsp3) is 0.632. The van der Waals surface area contributed by atoms with Crippen LogP contribution in [-0.2, 0) is 14.8 Å². The number of carbonyl (C=O) groups excluding carboxylic acids is 1. The number of amides is 1. The summed E-state index contributed by atoms with van der Waals surface area (Å²) in [5.41, 5.74) is 0.541. The second-order valence-corrected chi connectivity index (χ2v) is 9.37. The van der Waals surface area contributed by atoms with Crippen molar-refractivity contribution in [1.29, 1.82) is 0 Å². The highest BCUT2D eigenvalue weighted by Gasteiger charge is 2.29. The number of piperazine rings is 1. The Kier molecular flexibility index (Phi) is 6.52. The molecule has 3 rings (SSSR count). The van der Waals surface area contributed by atoms with Gasteiger partial charge in [0.05, 0.1) is 4.90 Å². The molecule has 2 aliphatic rings. The summed E-state index contributed by atoms with van der Waals surface area (Å²) in [5, 5.41) is 6.24. The van der Waals surface area contributed by atoms with E-state index in [4.69, 9.17) is 0 Å². The first-order chi connectivity index (χ1) is 12.9. The molecule has 0 saturated carbocycles. The first-order valence-electron chi connectivity index (χ1n) is 9.77. The van der Waals surface area contributed by atoms with Crippen LogP contribution in [0.2, 0.25) is 0 Å². The van der Waals surface area contributed by atoms with Crippen LogP contribution in [0.1, 0.15) is 26.7 Å². The van der Waals surface area contributed by atoms with Crippen molar-refractivity contribution >= 4 is 21.6 Å². The molecule has 1 amide bonds. The number of nitrogens with zero attached hydrogens (tertiary/aromatic N) is 2. The normalized spacial score (nSPS) is 25.3. The molecule has 2 aliphatic heterocycles. The molecule has 2 saturated heterocycles. The molecule has 0 unspecified atom stereocenters. The number of piperidine rings is 1. The SMILES string of the molecule is CCN1CCN(S(=O)(=O)c2cccc(NC(=O)[C@H]3CCN[C@@H](C)C3)c2)CC1. The average molecular weight is 395 g/mol. The Morgan fingerprint density at radius 1 is 1.26 bits per heavy atom. The van der Waals surface area contributed by atoms with Crippen LogP contribution < -0.4 is 10.6 Å². The molecule has 0 spiro atoms. The maximum absolute atomic E-state index is 13.0. The topological polar surface area (TPSA) is 81.8 Å². The molecule has 2 atom stereocenters. The summed E-state index contributed by atoms with van der Waals surface area (Å²) in [7, 11) is -3.54. The zero-order valence-electron chi connectivity index (χ0n) is 16.1. The van der Waals surface area contributed by atoms with Crippen molar-refractivity contribution in [3.05, 3.63) is 24.3 Å². The van der Waals surface area contributed by atoms with Crippen molar-refractivity contribution in [2.24, 2.45) is 5.92 Å². The summed E-state index contributed by atoms with van der Waals surface area (Å²) in [5.74, 6) is -0.0712. The molecule has 1 aromatic carbocycles. The third-order valence-electron chi connectivity index (χ3n) is 5.51. The molecule has 1 aromatic rings. The number of rotatable bonds is 5. The molecule has 0 radical (unpaired) electrons. The highest BCUT2D eigenvalue weighted by Crippen LogP contribution is 2.23. The van der Waals surface area contributed by atoms with E-state index in [9.17, 15) is 13.2 Å². The van der Waals surface area contributed by atoms with E-state index in [1.165, 1.54) is 4.31 Å². The second kappa shape index (κ2) is 8.68. The van der Waals surface area contributed by atoms with Crippen molar-refractivity contribution in [2.75, 3.05) is 44.6 Å². The van der Waals surface area contributed by atoms with Gasteiger partial charge in [0.15, 0.2) is 0 Å². The molecule has 0 aromatic heterocycles. The van der Waals surface area contributed by atoms with E-state index in [1.807, 2.05) is 0 Å². The first kappa shape index (κ1) is 20.3. The predicted molar refractivity (Wildman–Crippen MR) is 106 cm³/mol. The van der Waals surface area contributed by atoms with Crippen LogP contribution in [0.4, 0.5) is 5.69 Å². The molecule has 2 fully saturated rings. The fourth-order valence-corrected chi connectivity index (χ4v) is 5.25. The minimum Gasteiger partial charge on any atom is -0.326 e. The molecular formula is C19H30N4O3S. The van der Waals surface area contributed by atoms with Gasteiger partial charge in [0, 0.05) is 43.8 Å². The van der Waals surface area contributed by atoms with Crippen LogP contribution in [0.5, 0.6) is 0 Å². The average Bonchev–Trinajstić information content (AvgIpc) is 2.68. The number of anilines is 1. The van der Waals surface area contributed by atoms with E-state index in [0.29, 0.717) is 24.8 Å². The number of sulfonamides is 1. The van der Waals surface area contributed by atoms with Gasteiger partial charge in [-0.1, -0.05) is 13.0 Å². The van der Waals surface area contributed by atoms with Gasteiger partial charge in [-0.05, 0) is 51.1 Å². The molecule has 8 heteroatoms. The van der Waals surface area contributed by atoms with Crippen LogP contribution in [0, 0.1) is 5.92 Å². The molecule has 150 valence electrons. The summed E-state index contributed by atoms with van der Waals surface area (Å²) in [6.07, 6.45) is 1.60. The first-order valence-corrected chi connectivity index (χ1v) is 11.2. The number of carbonyl (C=O) groups is 1. The molecule has 2 heterocycles. The second-order valence-electron chi connectivity index (χ2n) is 7.43. The maximum Gasteiger partial charge on any atom is 0.243 e. The van der Waals surface area contributed by atoms with Gasteiger partial charge < -0.3 is 15.5 Å². The van der Waals surface area contributed by atoms with Crippen molar-refractivity contribution in [3.8, 4) is 0 Å². The standard InChI is InChI=1S/C19H30N4O3S/c1-3-22-9-11-23(12-10-22)27(25,26)18-6-4-5-17(14-18)21-19(24)16-7-8-20-15(2)13-16/h4-6,14-16,20H,3,7-13H2,1-2H3,(H,21,24)/t15-,16-/m0/s1. The molecule has 0 bridgehead atoms. The smallest absolute Gasteiger partial charge is 0.243 e. The highest BCUT2D eigenvalue weighted by molar-refractivity contribution is 7.89. The number of nitrogens with one attached hydrogen (secondary N) is 2. The van der Waals surface area contributed by atoms with Crippen LogP contribution in [0.3, 0.4) is 0 Å². The van der Waals surface area contributed by atoms with Gasteiger partial charge in [-0.15, -0.1) is 0 Å². The maximum atomic E-state index is 13.0. The number of benzene rings is 1. The molecule has 27 heavy (non-hydrogen) atoms. The van der Waals surface area contributed by atoms with E-state index in [2.05, 4.69) is 29.4 Å². The lowest BCUT2D eigenvalue weighted by molar-refractivity contribution is -0.120. The number of likely N-dealkylation sites (N-methyl/N-ethyl adjacent to an activating group) is 1. The van der Waals surface area contributed by atoms with E-state index in [-0.39, 0.29) is 16.7 Å². The van der Waals surface area contributed by atoms with Gasteiger partial charge in [-0.25, -0.2) is 8.42 Å². The van der Waals surface area contributed by atoms with Crippen molar-refractivity contribution < 1.29 is 13.2 Å². The summed E-state index contributed by atoms with van der Waals surface area (Å²) < 4.78 is 27.4. The monoisotopic (exact) mass is 394 g/mol. The Bertz CT molecular complexity index is 760. The lowest BCUT2D eigenvalue weighted by Crippen LogP contribution is -2.48. The van der Waals surface area contributed by atoms with Crippen LogP contribution in [0.25, 0.3) is 0 Å². The fourth-order valence-electron chi connectivity index (χ4n) is 3.78. The third-order valence-corrected chi connectivity index (χ3v) is 7.41. The highest BCUT2D eigenvalue weighted by atomic mass is 32.2. The summed E-state index contributed by atoms with van der Waals surface area (Å²) >= 11 is 0.